The van der Waals surface area contributed by atoms with Crippen molar-refractivity contribution in [3.63, 3.8) is 0 Å². The van der Waals surface area contributed by atoms with Crippen LogP contribution in [0.5, 0.6) is 0 Å². The van der Waals surface area contributed by atoms with Crippen LogP contribution in [0.2, 0.25) is 0 Å². The average molecular weight is 233 g/mol. The Hall–Kier alpha value is -0.800. The Balaban J connectivity index is 1.83. The van der Waals surface area contributed by atoms with Crippen molar-refractivity contribution in [2.45, 2.75) is 25.3 Å². The highest BCUT2D eigenvalue weighted by Gasteiger charge is 2.34. The van der Waals surface area contributed by atoms with Gasteiger partial charge in [0, 0.05) is 45.1 Å². The summed E-state index contributed by atoms with van der Waals surface area (Å²) < 4.78 is 2.31. The summed E-state index contributed by atoms with van der Waals surface area (Å²) in [6.45, 7) is 4.69. The van der Waals surface area contributed by atoms with Gasteiger partial charge in [0.2, 0.25) is 0 Å². The second kappa shape index (κ2) is 4.83. The van der Waals surface area contributed by atoms with Crippen LogP contribution in [0.15, 0.2) is 18.3 Å². The maximum atomic E-state index is 3.46. The lowest BCUT2D eigenvalue weighted by Crippen LogP contribution is -2.48. The monoisotopic (exact) mass is 233 g/mol. The lowest BCUT2D eigenvalue weighted by Gasteiger charge is -2.43. The molecule has 1 atom stereocenters. The molecule has 2 fully saturated rings. The Morgan fingerprint density at radius 2 is 2.06 bits per heavy atom. The highest BCUT2D eigenvalue weighted by Crippen LogP contribution is 2.41. The maximum absolute atomic E-state index is 3.46. The summed E-state index contributed by atoms with van der Waals surface area (Å²) >= 11 is 0. The van der Waals surface area contributed by atoms with Gasteiger partial charge >= 0.3 is 0 Å². The van der Waals surface area contributed by atoms with E-state index in [0.29, 0.717) is 6.04 Å². The Morgan fingerprint density at radius 3 is 2.59 bits per heavy atom. The average Bonchev–Trinajstić information content (AvgIpc) is 2.71. The number of rotatable bonds is 3. The second-order valence-corrected chi connectivity index (χ2v) is 5.47. The molecular formula is C14H23N3. The van der Waals surface area contributed by atoms with Crippen molar-refractivity contribution in [2.24, 2.45) is 13.0 Å². The molecule has 0 aromatic carbocycles. The van der Waals surface area contributed by atoms with Gasteiger partial charge < -0.3 is 9.88 Å². The Kier molecular flexibility index (Phi) is 3.21. The number of nitrogens with zero attached hydrogens (tertiary/aromatic N) is 2. The molecule has 1 N–H and O–H groups in total. The fraction of sp³-hybridized carbons (Fsp3) is 0.714. The van der Waals surface area contributed by atoms with Gasteiger partial charge in [-0.1, -0.05) is 6.42 Å². The van der Waals surface area contributed by atoms with Crippen LogP contribution in [0.3, 0.4) is 0 Å². The first-order valence-electron chi connectivity index (χ1n) is 6.92. The molecule has 1 aromatic rings. The first-order chi connectivity index (χ1) is 8.36. The van der Waals surface area contributed by atoms with Crippen LogP contribution in [0.1, 0.15) is 31.0 Å². The molecule has 1 aromatic heterocycles. The van der Waals surface area contributed by atoms with Crippen molar-refractivity contribution in [2.75, 3.05) is 26.2 Å². The smallest absolute Gasteiger partial charge is 0.0529 e. The largest absolute Gasteiger partial charge is 0.353 e. The van der Waals surface area contributed by atoms with Crippen LogP contribution in [0, 0.1) is 5.92 Å². The molecule has 0 unspecified atom stereocenters. The lowest BCUT2D eigenvalue weighted by atomic mass is 9.77. The van der Waals surface area contributed by atoms with E-state index in [0.717, 1.165) is 19.0 Å². The molecule has 2 aliphatic rings. The van der Waals surface area contributed by atoms with Crippen molar-refractivity contribution in [1.82, 2.24) is 14.8 Å². The number of piperazine rings is 1. The minimum atomic E-state index is 0.658. The van der Waals surface area contributed by atoms with E-state index >= 15 is 0 Å². The quantitative estimate of drug-likeness (QED) is 0.858. The molecule has 1 saturated carbocycles. The molecule has 1 saturated heterocycles. The van der Waals surface area contributed by atoms with Gasteiger partial charge in [-0.05, 0) is 30.9 Å². The zero-order valence-electron chi connectivity index (χ0n) is 10.7. The first kappa shape index (κ1) is 11.3. The minimum absolute atomic E-state index is 0.658. The van der Waals surface area contributed by atoms with Gasteiger partial charge in [-0.2, -0.15) is 0 Å². The lowest BCUT2D eigenvalue weighted by molar-refractivity contribution is 0.0790. The molecule has 0 bridgehead atoms. The molecule has 17 heavy (non-hydrogen) atoms. The topological polar surface area (TPSA) is 20.2 Å². The fourth-order valence-corrected chi connectivity index (χ4v) is 3.22. The number of aromatic nitrogens is 1. The summed E-state index contributed by atoms with van der Waals surface area (Å²) in [4.78, 5) is 2.69. The van der Waals surface area contributed by atoms with Crippen molar-refractivity contribution in [3.05, 3.63) is 24.0 Å². The van der Waals surface area contributed by atoms with Gasteiger partial charge in [0.15, 0.2) is 0 Å². The van der Waals surface area contributed by atoms with Gasteiger partial charge in [-0.25, -0.2) is 0 Å². The third-order valence-corrected chi connectivity index (χ3v) is 4.43. The van der Waals surface area contributed by atoms with Crippen molar-refractivity contribution in [1.29, 1.82) is 0 Å². The third kappa shape index (κ3) is 2.14. The van der Waals surface area contributed by atoms with E-state index in [4.69, 9.17) is 0 Å². The molecule has 0 amide bonds. The standard InChI is InChI=1S/C14H23N3/c1-16-9-3-6-13(16)14(12-4-2-5-12)17-10-7-15-8-11-17/h3,6,9,12,14-15H,2,4-5,7-8,10-11H2,1H3/t14-/m0/s1. The van der Waals surface area contributed by atoms with E-state index in [9.17, 15) is 0 Å². The van der Waals surface area contributed by atoms with Crippen LogP contribution >= 0.6 is 0 Å². The number of hydrogen-bond donors (Lipinski definition) is 1. The van der Waals surface area contributed by atoms with Crippen LogP contribution in [0.25, 0.3) is 0 Å². The summed E-state index contributed by atoms with van der Waals surface area (Å²) in [5.74, 6) is 0.890. The summed E-state index contributed by atoms with van der Waals surface area (Å²) in [5, 5.41) is 3.46. The molecule has 2 heterocycles. The molecule has 1 aliphatic heterocycles. The maximum Gasteiger partial charge on any atom is 0.0529 e. The van der Waals surface area contributed by atoms with Gasteiger partial charge in [0.1, 0.15) is 0 Å². The highest BCUT2D eigenvalue weighted by atomic mass is 15.2. The molecule has 3 heteroatoms. The van der Waals surface area contributed by atoms with Gasteiger partial charge in [0.05, 0.1) is 6.04 Å². The molecule has 94 valence electrons. The van der Waals surface area contributed by atoms with Crippen LogP contribution in [0.4, 0.5) is 0 Å². The SMILES string of the molecule is Cn1cccc1[C@H](C1CCC1)N1CCNCC1. The van der Waals surface area contributed by atoms with Crippen molar-refractivity contribution < 1.29 is 0 Å². The molecule has 0 radical (unpaired) electrons. The Morgan fingerprint density at radius 1 is 1.29 bits per heavy atom. The van der Waals surface area contributed by atoms with E-state index < -0.39 is 0 Å². The molecule has 1 aliphatic carbocycles. The summed E-state index contributed by atoms with van der Waals surface area (Å²) in [5.41, 5.74) is 1.51. The Labute approximate surface area is 104 Å². The fourth-order valence-electron chi connectivity index (χ4n) is 3.22. The van der Waals surface area contributed by atoms with Crippen LogP contribution in [-0.2, 0) is 7.05 Å². The predicted molar refractivity (Wildman–Crippen MR) is 69.9 cm³/mol. The normalized spacial score (nSPS) is 24.5. The van der Waals surface area contributed by atoms with Crippen LogP contribution in [-0.4, -0.2) is 35.6 Å². The summed E-state index contributed by atoms with van der Waals surface area (Å²) in [7, 11) is 2.18. The second-order valence-electron chi connectivity index (χ2n) is 5.47. The van der Waals surface area contributed by atoms with E-state index in [2.05, 4.69) is 40.2 Å². The van der Waals surface area contributed by atoms with Gasteiger partial charge in [-0.3, -0.25) is 4.90 Å². The van der Waals surface area contributed by atoms with E-state index in [1.165, 1.54) is 38.0 Å². The summed E-state index contributed by atoms with van der Waals surface area (Å²) in [6.07, 6.45) is 6.44. The zero-order chi connectivity index (χ0) is 11.7. The van der Waals surface area contributed by atoms with Gasteiger partial charge in [0.25, 0.3) is 0 Å². The van der Waals surface area contributed by atoms with E-state index in [1.54, 1.807) is 0 Å². The van der Waals surface area contributed by atoms with Gasteiger partial charge in [-0.15, -0.1) is 0 Å². The third-order valence-electron chi connectivity index (χ3n) is 4.43. The van der Waals surface area contributed by atoms with Crippen LogP contribution < -0.4 is 5.32 Å². The minimum Gasteiger partial charge on any atom is -0.353 e. The van der Waals surface area contributed by atoms with E-state index in [1.807, 2.05) is 0 Å². The number of hydrogen-bond acceptors (Lipinski definition) is 2. The molecule has 3 nitrogen and oxygen atoms in total. The number of nitrogens with one attached hydrogen (secondary N) is 1. The molecular weight excluding hydrogens is 210 g/mol. The highest BCUT2D eigenvalue weighted by molar-refractivity contribution is 5.14. The number of aryl methyl sites for hydroxylation is 1. The predicted octanol–water partition coefficient (Wildman–Crippen LogP) is 1.77. The Bertz CT molecular complexity index is 361. The zero-order valence-corrected chi connectivity index (χ0v) is 10.7. The van der Waals surface area contributed by atoms with Crippen molar-refractivity contribution in [3.8, 4) is 0 Å². The molecule has 0 spiro atoms. The summed E-state index contributed by atoms with van der Waals surface area (Å²) in [6, 6.07) is 5.15. The molecule has 3 rings (SSSR count). The van der Waals surface area contributed by atoms with E-state index in [-0.39, 0.29) is 0 Å². The van der Waals surface area contributed by atoms with Crippen molar-refractivity contribution >= 4 is 0 Å². The first-order valence-corrected chi connectivity index (χ1v) is 6.92.